The maximum absolute atomic E-state index is 12.5. The number of nitrogens with one attached hydrogen (secondary N) is 1. The number of hydrogen-bond acceptors (Lipinski definition) is 5. The van der Waals surface area contributed by atoms with E-state index in [1.54, 1.807) is 0 Å². The molecule has 30 heavy (non-hydrogen) atoms. The number of hydrogen-bond donors (Lipinski definition) is 1. The van der Waals surface area contributed by atoms with Crippen molar-refractivity contribution in [3.8, 4) is 5.75 Å². The summed E-state index contributed by atoms with van der Waals surface area (Å²) in [7, 11) is 1.81. The molecule has 2 aliphatic rings. The SMILES string of the molecule is CN=C(NCC(C)Oc1ccccc1C)N1CCN(CC(=O)N2CCOCC2)CC1. The van der Waals surface area contributed by atoms with E-state index in [0.717, 1.165) is 43.5 Å². The molecular weight excluding hydrogens is 382 g/mol. The molecule has 0 bridgehead atoms. The first-order valence-electron chi connectivity index (χ1n) is 10.8. The number of carbonyl (C=O) groups excluding carboxylic acids is 1. The molecular formula is C22H35N5O3. The molecule has 8 nitrogen and oxygen atoms in total. The maximum Gasteiger partial charge on any atom is 0.236 e. The summed E-state index contributed by atoms with van der Waals surface area (Å²) in [5.41, 5.74) is 1.14. The lowest BCUT2D eigenvalue weighted by atomic mass is 10.2. The minimum Gasteiger partial charge on any atom is -0.489 e. The highest BCUT2D eigenvalue weighted by molar-refractivity contribution is 5.80. The molecule has 1 unspecified atom stereocenters. The minimum atomic E-state index is 0.0234. The van der Waals surface area contributed by atoms with Crippen LogP contribution in [0.3, 0.4) is 0 Å². The Bertz CT molecular complexity index is 712. The highest BCUT2D eigenvalue weighted by Gasteiger charge is 2.24. The van der Waals surface area contributed by atoms with Crippen molar-refractivity contribution in [2.24, 2.45) is 4.99 Å². The lowest BCUT2D eigenvalue weighted by Crippen LogP contribution is -2.55. The summed E-state index contributed by atoms with van der Waals surface area (Å²) >= 11 is 0. The summed E-state index contributed by atoms with van der Waals surface area (Å²) in [6.07, 6.45) is 0.0234. The second-order valence-electron chi connectivity index (χ2n) is 7.88. The van der Waals surface area contributed by atoms with Crippen molar-refractivity contribution in [3.63, 3.8) is 0 Å². The van der Waals surface area contributed by atoms with Gasteiger partial charge in [0, 0.05) is 46.3 Å². The number of para-hydroxylation sites is 1. The van der Waals surface area contributed by atoms with Gasteiger partial charge in [-0.1, -0.05) is 18.2 Å². The number of piperazine rings is 1. The van der Waals surface area contributed by atoms with Crippen LogP contribution in [0.15, 0.2) is 29.3 Å². The molecule has 1 amide bonds. The zero-order valence-electron chi connectivity index (χ0n) is 18.5. The van der Waals surface area contributed by atoms with Crippen LogP contribution in [0.4, 0.5) is 0 Å². The lowest BCUT2D eigenvalue weighted by Gasteiger charge is -2.37. The zero-order chi connectivity index (χ0) is 21.3. The van der Waals surface area contributed by atoms with E-state index in [2.05, 4.69) is 40.0 Å². The van der Waals surface area contributed by atoms with Crippen LogP contribution < -0.4 is 10.1 Å². The molecule has 3 rings (SSSR count). The van der Waals surface area contributed by atoms with Crippen molar-refractivity contribution >= 4 is 11.9 Å². The van der Waals surface area contributed by atoms with Crippen molar-refractivity contribution in [1.82, 2.24) is 20.0 Å². The number of nitrogens with zero attached hydrogens (tertiary/aromatic N) is 4. The molecule has 0 aromatic heterocycles. The van der Waals surface area contributed by atoms with Crippen molar-refractivity contribution in [3.05, 3.63) is 29.8 Å². The number of aliphatic imine (C=N–C) groups is 1. The standard InChI is InChI=1S/C22H35N5O3/c1-18-6-4-5-7-20(18)30-19(2)16-24-22(23-3)27-10-8-25(9-11-27)17-21(28)26-12-14-29-15-13-26/h4-7,19H,8-17H2,1-3H3,(H,23,24). The molecule has 0 aliphatic carbocycles. The lowest BCUT2D eigenvalue weighted by molar-refractivity contribution is -0.136. The van der Waals surface area contributed by atoms with Gasteiger partial charge in [0.15, 0.2) is 5.96 Å². The second kappa shape index (κ2) is 11.2. The third-order valence-electron chi connectivity index (χ3n) is 5.58. The summed E-state index contributed by atoms with van der Waals surface area (Å²) < 4.78 is 11.4. The van der Waals surface area contributed by atoms with E-state index < -0.39 is 0 Å². The van der Waals surface area contributed by atoms with E-state index in [0.29, 0.717) is 39.4 Å². The van der Waals surface area contributed by atoms with Gasteiger partial charge in [0.25, 0.3) is 0 Å². The summed E-state index contributed by atoms with van der Waals surface area (Å²) in [5, 5.41) is 3.43. The highest BCUT2D eigenvalue weighted by atomic mass is 16.5. The molecule has 1 aromatic rings. The van der Waals surface area contributed by atoms with E-state index >= 15 is 0 Å². The maximum atomic E-state index is 12.5. The van der Waals surface area contributed by atoms with Gasteiger partial charge in [-0.15, -0.1) is 0 Å². The predicted molar refractivity (Wildman–Crippen MR) is 118 cm³/mol. The van der Waals surface area contributed by atoms with Crippen LogP contribution in [0.1, 0.15) is 12.5 Å². The van der Waals surface area contributed by atoms with Gasteiger partial charge in [0.1, 0.15) is 11.9 Å². The van der Waals surface area contributed by atoms with Crippen LogP contribution in [-0.2, 0) is 9.53 Å². The number of rotatable bonds is 6. The van der Waals surface area contributed by atoms with Gasteiger partial charge in [-0.25, -0.2) is 0 Å². The molecule has 0 radical (unpaired) electrons. The highest BCUT2D eigenvalue weighted by Crippen LogP contribution is 2.17. The molecule has 166 valence electrons. The summed E-state index contributed by atoms with van der Waals surface area (Å²) in [4.78, 5) is 23.3. The third-order valence-corrected chi connectivity index (χ3v) is 5.58. The Morgan fingerprint density at radius 1 is 1.13 bits per heavy atom. The van der Waals surface area contributed by atoms with E-state index in [1.165, 1.54) is 0 Å². The Kier molecular flexibility index (Phi) is 8.33. The molecule has 1 atom stereocenters. The predicted octanol–water partition coefficient (Wildman–Crippen LogP) is 0.814. The van der Waals surface area contributed by atoms with Crippen molar-refractivity contribution in [2.75, 3.05) is 72.6 Å². The number of amides is 1. The van der Waals surface area contributed by atoms with Gasteiger partial charge in [-0.05, 0) is 25.5 Å². The molecule has 1 N–H and O–H groups in total. The monoisotopic (exact) mass is 417 g/mol. The number of ether oxygens (including phenoxy) is 2. The fraction of sp³-hybridized carbons (Fsp3) is 0.636. The van der Waals surface area contributed by atoms with Crippen LogP contribution in [0.2, 0.25) is 0 Å². The average molecular weight is 418 g/mol. The van der Waals surface area contributed by atoms with E-state index in [9.17, 15) is 4.79 Å². The van der Waals surface area contributed by atoms with Gasteiger partial charge in [-0.3, -0.25) is 14.7 Å². The smallest absolute Gasteiger partial charge is 0.236 e. The zero-order valence-corrected chi connectivity index (χ0v) is 18.5. The van der Waals surface area contributed by atoms with Gasteiger partial charge in [0.05, 0.1) is 26.3 Å². The van der Waals surface area contributed by atoms with Crippen LogP contribution in [0.5, 0.6) is 5.75 Å². The van der Waals surface area contributed by atoms with Gasteiger partial charge < -0.3 is 24.6 Å². The first kappa shape index (κ1) is 22.4. The third kappa shape index (κ3) is 6.34. The number of carbonyl (C=O) groups is 1. The first-order chi connectivity index (χ1) is 14.6. The molecule has 2 heterocycles. The Balaban J connectivity index is 1.40. The summed E-state index contributed by atoms with van der Waals surface area (Å²) in [5.74, 6) is 2.01. The molecule has 0 spiro atoms. The number of guanidine groups is 1. The number of aryl methyl sites for hydroxylation is 1. The topological polar surface area (TPSA) is 69.6 Å². The van der Waals surface area contributed by atoms with Crippen molar-refractivity contribution in [1.29, 1.82) is 0 Å². The summed E-state index contributed by atoms with van der Waals surface area (Å²) in [6.45, 7) is 11.4. The number of benzene rings is 1. The van der Waals surface area contributed by atoms with Crippen molar-refractivity contribution in [2.45, 2.75) is 20.0 Å². The van der Waals surface area contributed by atoms with Crippen molar-refractivity contribution < 1.29 is 14.3 Å². The molecule has 2 saturated heterocycles. The second-order valence-corrected chi connectivity index (χ2v) is 7.88. The Morgan fingerprint density at radius 3 is 2.50 bits per heavy atom. The fourth-order valence-corrected chi connectivity index (χ4v) is 3.74. The largest absolute Gasteiger partial charge is 0.489 e. The fourth-order valence-electron chi connectivity index (χ4n) is 3.74. The first-order valence-corrected chi connectivity index (χ1v) is 10.8. The average Bonchev–Trinajstić information content (AvgIpc) is 2.77. The van der Waals surface area contributed by atoms with Gasteiger partial charge in [-0.2, -0.15) is 0 Å². The van der Waals surface area contributed by atoms with E-state index in [1.807, 2.05) is 30.1 Å². The molecule has 2 aliphatic heterocycles. The Labute approximate surface area is 179 Å². The summed E-state index contributed by atoms with van der Waals surface area (Å²) in [6, 6.07) is 8.06. The van der Waals surface area contributed by atoms with Crippen LogP contribution >= 0.6 is 0 Å². The normalized spacial score (nSPS) is 19.5. The van der Waals surface area contributed by atoms with E-state index in [-0.39, 0.29) is 12.0 Å². The Morgan fingerprint density at radius 2 is 1.83 bits per heavy atom. The minimum absolute atomic E-state index is 0.0234. The Hall–Kier alpha value is -2.32. The van der Waals surface area contributed by atoms with Crippen LogP contribution in [-0.4, -0.2) is 105 Å². The molecule has 1 aromatic carbocycles. The van der Waals surface area contributed by atoms with Gasteiger partial charge in [0.2, 0.25) is 5.91 Å². The molecule has 8 heteroatoms. The van der Waals surface area contributed by atoms with Gasteiger partial charge >= 0.3 is 0 Å². The van der Waals surface area contributed by atoms with Crippen LogP contribution in [0.25, 0.3) is 0 Å². The van der Waals surface area contributed by atoms with Crippen LogP contribution in [0, 0.1) is 6.92 Å². The molecule has 2 fully saturated rings. The van der Waals surface area contributed by atoms with E-state index in [4.69, 9.17) is 9.47 Å². The number of morpholine rings is 1. The molecule has 0 saturated carbocycles. The quantitative estimate of drug-likeness (QED) is 0.546.